The Balaban J connectivity index is 6.73. The summed E-state index contributed by atoms with van der Waals surface area (Å²) in [4.78, 5) is 8.94. The van der Waals surface area contributed by atoms with Gasteiger partial charge in [-0.25, -0.2) is 0 Å². The van der Waals surface area contributed by atoms with E-state index in [-0.39, 0.29) is 24.4 Å². The lowest BCUT2D eigenvalue weighted by Crippen LogP contribution is -2.64. The number of rotatable bonds is 16. The zero-order valence-electron chi connectivity index (χ0n) is 25.1. The van der Waals surface area contributed by atoms with Gasteiger partial charge in [-0.05, 0) is 78.6 Å². The topological polar surface area (TPSA) is 70.5 Å². The van der Waals surface area contributed by atoms with Crippen molar-refractivity contribution in [1.29, 1.82) is 0 Å². The molecule has 0 unspecified atom stereocenters. The Morgan fingerprint density at radius 3 is 1.44 bits per heavy atom. The second kappa shape index (κ2) is 13.2. The first-order valence-electron chi connectivity index (χ1n) is 12.4. The van der Waals surface area contributed by atoms with Gasteiger partial charge in [0.25, 0.3) is 0 Å². The van der Waals surface area contributed by atoms with Crippen LogP contribution in [0.2, 0.25) is 98.2 Å². The molecule has 4 atom stereocenters. The van der Waals surface area contributed by atoms with Gasteiger partial charge in [0.05, 0.1) is 37.2 Å². The summed E-state index contributed by atoms with van der Waals surface area (Å²) in [6.45, 7) is 34.0. The van der Waals surface area contributed by atoms with E-state index in [9.17, 15) is 0 Å². The SMILES string of the molecule is CO/N=C/[C@@H](N[Si](C)(C)C)[C@H](O[Si](C)(C)C)[C@@H](O[Si](C)(C)C)[C@H](CO[Si](C)(C)C)O[Si](C)(C)C. The van der Waals surface area contributed by atoms with Gasteiger partial charge in [0.15, 0.2) is 33.3 Å². The Labute approximate surface area is 216 Å². The predicted octanol–water partition coefficient (Wildman–Crippen LogP) is 5.92. The fourth-order valence-corrected chi connectivity index (χ4v) is 8.54. The summed E-state index contributed by atoms with van der Waals surface area (Å²) in [5, 5.41) is 4.17. The van der Waals surface area contributed by atoms with Crippen LogP contribution in [0.5, 0.6) is 0 Å². The molecule has 0 aromatic heterocycles. The zero-order valence-corrected chi connectivity index (χ0v) is 30.1. The monoisotopic (exact) mass is 568 g/mol. The standard InChI is InChI=1S/C22H56N2O5Si5/c1-25-23-17-19(24-30(2,3)4)21(28-33(11,12)13)22(29-34(14,15)16)20(27-32(8,9)10)18-26-31(5,6)7/h17,19-22,24H,18H2,1-16H3/b23-17+/t19-,20+,21+,22+/m1/s1. The third-order valence-corrected chi connectivity index (χ3v) is 9.34. The van der Waals surface area contributed by atoms with E-state index < -0.39 is 41.5 Å². The molecule has 0 aliphatic carbocycles. The molecule has 0 radical (unpaired) electrons. The number of hydrogen-bond acceptors (Lipinski definition) is 7. The summed E-state index contributed by atoms with van der Waals surface area (Å²) in [5.74, 6) is 0. The first kappa shape index (κ1) is 34.4. The molecule has 0 rings (SSSR count). The van der Waals surface area contributed by atoms with Gasteiger partial charge in [0, 0.05) is 0 Å². The van der Waals surface area contributed by atoms with Crippen LogP contribution >= 0.6 is 0 Å². The van der Waals surface area contributed by atoms with Crippen LogP contribution in [-0.4, -0.2) is 85.8 Å². The summed E-state index contributed by atoms with van der Waals surface area (Å²) in [6.07, 6.45) is 1.04. The third-order valence-electron chi connectivity index (χ3n) is 4.14. The van der Waals surface area contributed by atoms with Gasteiger partial charge in [-0.2, -0.15) is 0 Å². The molecule has 0 fully saturated rings. The molecule has 0 spiro atoms. The Morgan fingerprint density at radius 1 is 0.647 bits per heavy atom. The van der Waals surface area contributed by atoms with E-state index in [2.05, 4.69) is 108 Å². The lowest BCUT2D eigenvalue weighted by molar-refractivity contribution is -0.0526. The highest BCUT2D eigenvalue weighted by Crippen LogP contribution is 2.26. The van der Waals surface area contributed by atoms with Gasteiger partial charge in [-0.15, -0.1) is 0 Å². The molecule has 0 amide bonds. The highest BCUT2D eigenvalue weighted by molar-refractivity contribution is 6.74. The summed E-state index contributed by atoms with van der Waals surface area (Å²) >= 11 is 0. The van der Waals surface area contributed by atoms with Crippen LogP contribution in [-0.2, 0) is 22.5 Å². The van der Waals surface area contributed by atoms with E-state index in [1.807, 2.05) is 6.21 Å². The molecule has 0 aromatic carbocycles. The van der Waals surface area contributed by atoms with E-state index in [1.165, 1.54) is 0 Å². The molecule has 0 aromatic rings. The number of oxime groups is 1. The minimum absolute atomic E-state index is 0.167. The largest absolute Gasteiger partial charge is 0.415 e. The molecule has 1 N–H and O–H groups in total. The second-order valence-electron chi connectivity index (χ2n) is 13.9. The molecule has 7 nitrogen and oxygen atoms in total. The smallest absolute Gasteiger partial charge is 0.184 e. The van der Waals surface area contributed by atoms with Crippen LogP contribution in [0, 0.1) is 0 Å². The highest BCUT2D eigenvalue weighted by Gasteiger charge is 2.44. The molecular weight excluding hydrogens is 513 g/mol. The molecule has 0 aliphatic rings. The van der Waals surface area contributed by atoms with Gasteiger partial charge >= 0.3 is 0 Å². The number of nitrogens with one attached hydrogen (secondary N) is 1. The van der Waals surface area contributed by atoms with Crippen LogP contribution in [0.1, 0.15) is 0 Å². The van der Waals surface area contributed by atoms with Crippen molar-refractivity contribution in [1.82, 2.24) is 4.98 Å². The second-order valence-corrected chi connectivity index (χ2v) is 36.6. The molecule has 204 valence electrons. The van der Waals surface area contributed by atoms with Crippen molar-refractivity contribution >= 4 is 47.7 Å². The molecule has 0 heterocycles. The van der Waals surface area contributed by atoms with Gasteiger partial charge in [-0.3, -0.25) is 0 Å². The van der Waals surface area contributed by atoms with Crippen molar-refractivity contribution in [3.63, 3.8) is 0 Å². The van der Waals surface area contributed by atoms with Gasteiger partial charge in [0.2, 0.25) is 0 Å². The van der Waals surface area contributed by atoms with Gasteiger partial charge < -0.3 is 27.5 Å². The number of hydrogen-bond donors (Lipinski definition) is 1. The maximum absolute atomic E-state index is 6.94. The van der Waals surface area contributed by atoms with Crippen molar-refractivity contribution in [2.45, 2.75) is 123 Å². The summed E-state index contributed by atoms with van der Waals surface area (Å²) < 4.78 is 27.1. The lowest BCUT2D eigenvalue weighted by atomic mass is 10.0. The molecule has 0 bridgehead atoms. The maximum Gasteiger partial charge on any atom is 0.184 e. The summed E-state index contributed by atoms with van der Waals surface area (Å²) in [6, 6.07) is -0.167. The summed E-state index contributed by atoms with van der Waals surface area (Å²) in [5.41, 5.74) is 0. The Hall–Kier alpha value is 0.354. The minimum Gasteiger partial charge on any atom is -0.415 e. The normalized spacial score (nSPS) is 18.1. The van der Waals surface area contributed by atoms with Gasteiger partial charge in [0.1, 0.15) is 15.3 Å². The van der Waals surface area contributed by atoms with Crippen molar-refractivity contribution in [3.05, 3.63) is 0 Å². The van der Waals surface area contributed by atoms with E-state index in [4.69, 9.17) is 22.5 Å². The molecular formula is C22H56N2O5Si5. The van der Waals surface area contributed by atoms with Crippen molar-refractivity contribution in [3.8, 4) is 0 Å². The van der Waals surface area contributed by atoms with Crippen LogP contribution in [0.4, 0.5) is 0 Å². The summed E-state index contributed by atoms with van der Waals surface area (Å²) in [7, 11) is -7.74. The van der Waals surface area contributed by atoms with Crippen LogP contribution in [0.15, 0.2) is 5.16 Å². The van der Waals surface area contributed by atoms with Crippen LogP contribution < -0.4 is 4.98 Å². The average Bonchev–Trinajstić information content (AvgIpc) is 2.54. The van der Waals surface area contributed by atoms with E-state index in [0.29, 0.717) is 6.61 Å². The Kier molecular flexibility index (Phi) is 13.4. The lowest BCUT2D eigenvalue weighted by Gasteiger charge is -2.45. The fourth-order valence-electron chi connectivity index (χ4n) is 3.33. The third kappa shape index (κ3) is 17.7. The molecule has 34 heavy (non-hydrogen) atoms. The zero-order chi connectivity index (χ0) is 27.2. The average molecular weight is 569 g/mol. The van der Waals surface area contributed by atoms with E-state index >= 15 is 0 Å². The van der Waals surface area contributed by atoms with Gasteiger partial charge in [-0.1, -0.05) is 24.8 Å². The fraction of sp³-hybridized carbons (Fsp3) is 0.955. The van der Waals surface area contributed by atoms with E-state index in [1.54, 1.807) is 7.11 Å². The van der Waals surface area contributed by atoms with Crippen molar-refractivity contribution in [2.75, 3.05) is 13.7 Å². The molecule has 0 saturated heterocycles. The molecule has 12 heteroatoms. The quantitative estimate of drug-likeness (QED) is 0.141. The van der Waals surface area contributed by atoms with Crippen LogP contribution in [0.25, 0.3) is 0 Å². The van der Waals surface area contributed by atoms with Crippen molar-refractivity contribution < 1.29 is 22.5 Å². The van der Waals surface area contributed by atoms with E-state index in [0.717, 1.165) is 0 Å². The first-order valence-corrected chi connectivity index (χ1v) is 29.6. The van der Waals surface area contributed by atoms with Crippen molar-refractivity contribution in [2.24, 2.45) is 5.16 Å². The Morgan fingerprint density at radius 2 is 1.09 bits per heavy atom. The maximum atomic E-state index is 6.94. The Bertz CT molecular complexity index is 620. The molecule has 0 saturated carbocycles. The highest BCUT2D eigenvalue weighted by atomic mass is 28.4. The first-order chi connectivity index (χ1) is 14.9. The predicted molar refractivity (Wildman–Crippen MR) is 160 cm³/mol. The minimum atomic E-state index is -1.97. The van der Waals surface area contributed by atoms with Crippen LogP contribution in [0.3, 0.4) is 0 Å². The number of nitrogens with zero attached hydrogens (tertiary/aromatic N) is 1. The molecule has 0 aliphatic heterocycles.